The summed E-state index contributed by atoms with van der Waals surface area (Å²) < 4.78 is 0. The first-order valence-electron chi connectivity index (χ1n) is 8.37. The van der Waals surface area contributed by atoms with E-state index in [0.29, 0.717) is 5.92 Å². The van der Waals surface area contributed by atoms with Crippen LogP contribution in [0.3, 0.4) is 0 Å². The van der Waals surface area contributed by atoms with Crippen LogP contribution < -0.4 is 5.73 Å². The zero-order chi connectivity index (χ0) is 15.8. The van der Waals surface area contributed by atoms with E-state index in [1.807, 2.05) is 0 Å². The number of carboxylic acids is 1. The smallest absolute Gasteiger partial charge is 0.303 e. The van der Waals surface area contributed by atoms with E-state index in [2.05, 4.69) is 30.3 Å². The molecule has 22 heavy (non-hydrogen) atoms. The van der Waals surface area contributed by atoms with Crippen molar-refractivity contribution in [1.29, 1.82) is 0 Å². The van der Waals surface area contributed by atoms with Gasteiger partial charge in [-0.15, -0.1) is 0 Å². The van der Waals surface area contributed by atoms with Gasteiger partial charge in [-0.05, 0) is 68.5 Å². The van der Waals surface area contributed by atoms with E-state index in [9.17, 15) is 4.79 Å². The Morgan fingerprint density at radius 2 is 1.86 bits per heavy atom. The lowest BCUT2D eigenvalue weighted by Gasteiger charge is -2.22. The molecular weight excluding hydrogens is 274 g/mol. The van der Waals surface area contributed by atoms with Crippen LogP contribution in [0.15, 0.2) is 29.8 Å². The summed E-state index contributed by atoms with van der Waals surface area (Å²) in [5.41, 5.74) is 9.84. The van der Waals surface area contributed by atoms with Crippen molar-refractivity contribution in [3.63, 3.8) is 0 Å². The molecule has 0 unspecified atom stereocenters. The Morgan fingerprint density at radius 1 is 1.18 bits per heavy atom. The van der Waals surface area contributed by atoms with Crippen LogP contribution in [0.2, 0.25) is 0 Å². The third-order valence-electron chi connectivity index (χ3n) is 4.54. The quantitative estimate of drug-likeness (QED) is 0.748. The molecule has 0 heterocycles. The molecule has 0 aliphatic heterocycles. The molecule has 3 nitrogen and oxygen atoms in total. The maximum absolute atomic E-state index is 10.5. The molecule has 1 aliphatic carbocycles. The SMILES string of the molecule is NCC1CCC(=Cc2ccc(CCCCC(=O)O)cc2)CC1. The first kappa shape index (κ1) is 16.8. The predicted molar refractivity (Wildman–Crippen MR) is 90.6 cm³/mol. The molecule has 0 saturated heterocycles. The lowest BCUT2D eigenvalue weighted by atomic mass is 9.85. The van der Waals surface area contributed by atoms with Gasteiger partial charge in [-0.2, -0.15) is 0 Å². The molecule has 1 fully saturated rings. The van der Waals surface area contributed by atoms with Gasteiger partial charge in [-0.25, -0.2) is 0 Å². The topological polar surface area (TPSA) is 63.3 Å². The zero-order valence-electron chi connectivity index (χ0n) is 13.3. The number of carboxylic acid groups (broad SMARTS) is 1. The van der Waals surface area contributed by atoms with Crippen LogP contribution in [0.5, 0.6) is 0 Å². The average molecular weight is 301 g/mol. The van der Waals surface area contributed by atoms with E-state index in [4.69, 9.17) is 10.8 Å². The second kappa shape index (κ2) is 8.74. The van der Waals surface area contributed by atoms with E-state index in [1.54, 1.807) is 5.57 Å². The predicted octanol–water partition coefficient (Wildman–Crippen LogP) is 4.02. The third kappa shape index (κ3) is 5.64. The molecule has 1 aliphatic rings. The Balaban J connectivity index is 1.80. The Labute approximate surface area is 133 Å². The van der Waals surface area contributed by atoms with Crippen LogP contribution >= 0.6 is 0 Å². The fourth-order valence-corrected chi connectivity index (χ4v) is 3.05. The number of rotatable bonds is 7. The van der Waals surface area contributed by atoms with Crippen molar-refractivity contribution in [3.05, 3.63) is 41.0 Å². The van der Waals surface area contributed by atoms with E-state index in [0.717, 1.165) is 25.8 Å². The number of hydrogen-bond acceptors (Lipinski definition) is 2. The molecule has 0 radical (unpaired) electrons. The molecule has 0 atom stereocenters. The minimum Gasteiger partial charge on any atom is -0.481 e. The average Bonchev–Trinajstić information content (AvgIpc) is 2.54. The maximum Gasteiger partial charge on any atom is 0.303 e. The van der Waals surface area contributed by atoms with Gasteiger partial charge in [0, 0.05) is 6.42 Å². The first-order chi connectivity index (χ1) is 10.7. The molecule has 0 bridgehead atoms. The number of hydrogen-bond donors (Lipinski definition) is 2. The summed E-state index contributed by atoms with van der Waals surface area (Å²) in [5, 5.41) is 8.62. The van der Waals surface area contributed by atoms with Gasteiger partial charge in [0.05, 0.1) is 0 Å². The van der Waals surface area contributed by atoms with Crippen molar-refractivity contribution in [2.45, 2.75) is 51.4 Å². The molecule has 0 aromatic heterocycles. The van der Waals surface area contributed by atoms with E-state index in [-0.39, 0.29) is 6.42 Å². The summed E-state index contributed by atoms with van der Waals surface area (Å²) in [6, 6.07) is 8.68. The van der Waals surface area contributed by atoms with Crippen LogP contribution in [0.4, 0.5) is 0 Å². The minimum absolute atomic E-state index is 0.272. The second-order valence-electron chi connectivity index (χ2n) is 6.32. The van der Waals surface area contributed by atoms with E-state index >= 15 is 0 Å². The summed E-state index contributed by atoms with van der Waals surface area (Å²) in [4.78, 5) is 10.5. The number of aliphatic carboxylic acids is 1. The van der Waals surface area contributed by atoms with Gasteiger partial charge in [0.25, 0.3) is 0 Å². The summed E-state index contributed by atoms with van der Waals surface area (Å²) in [7, 11) is 0. The number of carbonyl (C=O) groups is 1. The van der Waals surface area contributed by atoms with Crippen LogP contribution in [0.1, 0.15) is 56.1 Å². The van der Waals surface area contributed by atoms with Gasteiger partial charge in [-0.3, -0.25) is 4.79 Å². The van der Waals surface area contributed by atoms with Crippen molar-refractivity contribution in [2.75, 3.05) is 6.54 Å². The highest BCUT2D eigenvalue weighted by Crippen LogP contribution is 2.29. The highest BCUT2D eigenvalue weighted by atomic mass is 16.4. The van der Waals surface area contributed by atoms with E-state index in [1.165, 1.54) is 36.8 Å². The van der Waals surface area contributed by atoms with Crippen molar-refractivity contribution in [1.82, 2.24) is 0 Å². The fraction of sp³-hybridized carbons (Fsp3) is 0.526. The monoisotopic (exact) mass is 301 g/mol. The number of benzene rings is 1. The number of allylic oxidation sites excluding steroid dienone is 1. The zero-order valence-corrected chi connectivity index (χ0v) is 13.3. The van der Waals surface area contributed by atoms with Crippen LogP contribution in [-0.2, 0) is 11.2 Å². The molecule has 120 valence electrons. The maximum atomic E-state index is 10.5. The molecule has 1 aromatic carbocycles. The first-order valence-corrected chi connectivity index (χ1v) is 8.37. The van der Waals surface area contributed by atoms with Crippen molar-refractivity contribution in [2.24, 2.45) is 11.7 Å². The van der Waals surface area contributed by atoms with Gasteiger partial charge in [-0.1, -0.05) is 35.9 Å². The van der Waals surface area contributed by atoms with Crippen molar-refractivity contribution < 1.29 is 9.90 Å². The molecule has 3 N–H and O–H groups in total. The van der Waals surface area contributed by atoms with Gasteiger partial charge < -0.3 is 10.8 Å². The molecule has 0 amide bonds. The van der Waals surface area contributed by atoms with Gasteiger partial charge >= 0.3 is 5.97 Å². The van der Waals surface area contributed by atoms with Crippen LogP contribution in [0.25, 0.3) is 6.08 Å². The number of unbranched alkanes of at least 4 members (excludes halogenated alkanes) is 1. The van der Waals surface area contributed by atoms with Gasteiger partial charge in [0.2, 0.25) is 0 Å². The van der Waals surface area contributed by atoms with Crippen LogP contribution in [-0.4, -0.2) is 17.6 Å². The normalized spacial score (nSPS) is 18.2. The lowest BCUT2D eigenvalue weighted by Crippen LogP contribution is -2.17. The number of nitrogens with two attached hydrogens (primary N) is 1. The highest BCUT2D eigenvalue weighted by Gasteiger charge is 2.14. The molecule has 3 heteroatoms. The van der Waals surface area contributed by atoms with E-state index < -0.39 is 5.97 Å². The third-order valence-corrected chi connectivity index (χ3v) is 4.54. The van der Waals surface area contributed by atoms with Crippen molar-refractivity contribution in [3.8, 4) is 0 Å². The summed E-state index contributed by atoms with van der Waals surface area (Å²) >= 11 is 0. The lowest BCUT2D eigenvalue weighted by molar-refractivity contribution is -0.137. The Hall–Kier alpha value is -1.61. The second-order valence-corrected chi connectivity index (χ2v) is 6.32. The summed E-state index contributed by atoms with van der Waals surface area (Å²) in [6.07, 6.45) is 10.1. The van der Waals surface area contributed by atoms with Crippen LogP contribution in [0, 0.1) is 5.92 Å². The summed E-state index contributed by atoms with van der Waals surface area (Å²) in [5.74, 6) is 0.0108. The Morgan fingerprint density at radius 3 is 2.45 bits per heavy atom. The molecule has 2 rings (SSSR count). The number of aryl methyl sites for hydroxylation is 1. The summed E-state index contributed by atoms with van der Waals surface area (Å²) in [6.45, 7) is 0.823. The molecule has 0 spiro atoms. The van der Waals surface area contributed by atoms with Gasteiger partial charge in [0.1, 0.15) is 0 Å². The minimum atomic E-state index is -0.702. The van der Waals surface area contributed by atoms with Gasteiger partial charge in [0.15, 0.2) is 0 Å². The largest absolute Gasteiger partial charge is 0.481 e. The Kier molecular flexibility index (Phi) is 6.66. The molecule has 1 aromatic rings. The highest BCUT2D eigenvalue weighted by molar-refractivity contribution is 5.66. The fourth-order valence-electron chi connectivity index (χ4n) is 3.05. The Bertz CT molecular complexity index is 495. The van der Waals surface area contributed by atoms with Crippen molar-refractivity contribution >= 4 is 12.0 Å². The molecular formula is C19H27NO2. The standard InChI is InChI=1S/C19H27NO2/c20-14-18-11-9-17(10-12-18)13-16-7-5-15(6-8-16)3-1-2-4-19(21)22/h5-8,13,18H,1-4,9-12,14,20H2,(H,21,22). The molecule has 1 saturated carbocycles.